The second-order valence-electron chi connectivity index (χ2n) is 5.86. The van der Waals surface area contributed by atoms with E-state index in [-0.39, 0.29) is 5.56 Å². The summed E-state index contributed by atoms with van der Waals surface area (Å²) in [6.45, 7) is 3.72. The first kappa shape index (κ1) is 17.0. The Morgan fingerprint density at radius 2 is 1.64 bits per heavy atom. The smallest absolute Gasteiger partial charge is 0.206 e. The SMILES string of the molecule is C=CCCc1ccc(-c2ccc3c(F)c(C=C(F)F)ccc3c2)cc1. The lowest BCUT2D eigenvalue weighted by Crippen LogP contribution is -1.88. The Morgan fingerprint density at radius 1 is 0.920 bits per heavy atom. The van der Waals surface area contributed by atoms with Crippen LogP contribution in [-0.2, 0) is 6.42 Å². The zero-order valence-corrected chi connectivity index (χ0v) is 13.6. The number of allylic oxidation sites excluding steroid dienone is 1. The molecule has 0 fully saturated rings. The fraction of sp³-hybridized carbons (Fsp3) is 0.0909. The van der Waals surface area contributed by atoms with Gasteiger partial charge in [-0.05, 0) is 41.0 Å². The Labute approximate surface area is 144 Å². The van der Waals surface area contributed by atoms with E-state index in [9.17, 15) is 13.2 Å². The topological polar surface area (TPSA) is 0 Å². The van der Waals surface area contributed by atoms with E-state index >= 15 is 0 Å². The van der Waals surface area contributed by atoms with Gasteiger partial charge in [-0.2, -0.15) is 8.78 Å². The molecule has 0 aliphatic carbocycles. The maximum atomic E-state index is 14.3. The number of fused-ring (bicyclic) bond motifs is 1. The first-order valence-corrected chi connectivity index (χ1v) is 8.03. The molecule has 0 radical (unpaired) electrons. The highest BCUT2D eigenvalue weighted by Gasteiger charge is 2.08. The summed E-state index contributed by atoms with van der Waals surface area (Å²) in [5, 5.41) is 1.02. The molecule has 0 N–H and O–H groups in total. The molecule has 0 nitrogen and oxygen atoms in total. The zero-order valence-electron chi connectivity index (χ0n) is 13.6. The van der Waals surface area contributed by atoms with Gasteiger partial charge in [0, 0.05) is 17.0 Å². The first-order chi connectivity index (χ1) is 12.1. The normalized spacial score (nSPS) is 10.7. The minimum atomic E-state index is -1.91. The minimum Gasteiger partial charge on any atom is -0.206 e. The van der Waals surface area contributed by atoms with Crippen LogP contribution in [0.15, 0.2) is 73.3 Å². The molecule has 0 amide bonds. The zero-order chi connectivity index (χ0) is 17.8. The second-order valence-corrected chi connectivity index (χ2v) is 5.86. The van der Waals surface area contributed by atoms with E-state index in [0.29, 0.717) is 16.8 Å². The largest absolute Gasteiger partial charge is 0.271 e. The van der Waals surface area contributed by atoms with Crippen molar-refractivity contribution in [1.29, 1.82) is 0 Å². The molecule has 0 heterocycles. The summed E-state index contributed by atoms with van der Waals surface area (Å²) < 4.78 is 39.1. The van der Waals surface area contributed by atoms with Crippen molar-refractivity contribution in [3.05, 3.63) is 90.3 Å². The molecular formula is C22H17F3. The lowest BCUT2D eigenvalue weighted by atomic mass is 9.98. The highest BCUT2D eigenvalue weighted by molar-refractivity contribution is 5.89. The van der Waals surface area contributed by atoms with E-state index in [1.807, 2.05) is 30.3 Å². The molecule has 0 saturated heterocycles. The monoisotopic (exact) mass is 338 g/mol. The molecule has 0 spiro atoms. The lowest BCUT2D eigenvalue weighted by molar-refractivity contribution is 0.429. The van der Waals surface area contributed by atoms with E-state index < -0.39 is 11.9 Å². The summed E-state index contributed by atoms with van der Waals surface area (Å²) in [6, 6.07) is 16.6. The molecule has 0 aromatic heterocycles. The predicted molar refractivity (Wildman–Crippen MR) is 98.1 cm³/mol. The fourth-order valence-electron chi connectivity index (χ4n) is 2.85. The second kappa shape index (κ2) is 7.39. The summed E-state index contributed by atoms with van der Waals surface area (Å²) in [6.07, 6.45) is 2.42. The van der Waals surface area contributed by atoms with Crippen molar-refractivity contribution < 1.29 is 13.2 Å². The molecule has 126 valence electrons. The Kier molecular flexibility index (Phi) is 5.03. The molecule has 3 heteroatoms. The average Bonchev–Trinajstić information content (AvgIpc) is 2.62. The maximum Gasteiger partial charge on any atom is 0.271 e. The Balaban J connectivity index is 1.96. The number of aryl methyl sites for hydroxylation is 1. The minimum absolute atomic E-state index is 0.105. The molecule has 0 saturated carbocycles. The third-order valence-electron chi connectivity index (χ3n) is 4.17. The van der Waals surface area contributed by atoms with Crippen molar-refractivity contribution in [2.75, 3.05) is 0 Å². The van der Waals surface area contributed by atoms with Crippen LogP contribution in [0.25, 0.3) is 28.0 Å². The Hall–Kier alpha value is -2.81. The van der Waals surface area contributed by atoms with Gasteiger partial charge in [-0.3, -0.25) is 0 Å². The van der Waals surface area contributed by atoms with E-state index in [4.69, 9.17) is 0 Å². The van der Waals surface area contributed by atoms with Gasteiger partial charge in [0.05, 0.1) is 0 Å². The van der Waals surface area contributed by atoms with Gasteiger partial charge in [0.1, 0.15) is 5.82 Å². The van der Waals surface area contributed by atoms with E-state index in [2.05, 4.69) is 18.7 Å². The molecular weight excluding hydrogens is 321 g/mol. The molecule has 0 aliphatic rings. The van der Waals surface area contributed by atoms with Crippen molar-refractivity contribution in [2.45, 2.75) is 12.8 Å². The first-order valence-electron chi connectivity index (χ1n) is 8.03. The van der Waals surface area contributed by atoms with Gasteiger partial charge < -0.3 is 0 Å². The van der Waals surface area contributed by atoms with Crippen LogP contribution in [0.5, 0.6) is 0 Å². The van der Waals surface area contributed by atoms with Crippen LogP contribution in [0.1, 0.15) is 17.5 Å². The molecule has 0 aliphatic heterocycles. The molecule has 3 aromatic rings. The van der Waals surface area contributed by atoms with E-state index in [1.165, 1.54) is 11.6 Å². The summed E-state index contributed by atoms with van der Waals surface area (Å²) in [7, 11) is 0. The van der Waals surface area contributed by atoms with Crippen LogP contribution in [-0.4, -0.2) is 0 Å². The maximum absolute atomic E-state index is 14.3. The molecule has 3 rings (SSSR count). The quantitative estimate of drug-likeness (QED) is 0.439. The molecule has 0 bridgehead atoms. The van der Waals surface area contributed by atoms with Gasteiger partial charge in [-0.15, -0.1) is 6.58 Å². The summed E-state index contributed by atoms with van der Waals surface area (Å²) >= 11 is 0. The van der Waals surface area contributed by atoms with Crippen LogP contribution in [0.4, 0.5) is 13.2 Å². The number of hydrogen-bond acceptors (Lipinski definition) is 0. The fourth-order valence-corrected chi connectivity index (χ4v) is 2.85. The van der Waals surface area contributed by atoms with Crippen molar-refractivity contribution in [3.8, 4) is 11.1 Å². The van der Waals surface area contributed by atoms with Crippen LogP contribution in [0.2, 0.25) is 0 Å². The highest BCUT2D eigenvalue weighted by atomic mass is 19.3. The van der Waals surface area contributed by atoms with Crippen molar-refractivity contribution >= 4 is 16.8 Å². The standard InChI is InChI=1S/C22H17F3/c1-2-3-4-15-5-7-16(8-6-15)17-11-12-20-18(13-17)9-10-19(22(20)25)14-21(23)24/h2,5-14H,1,3-4H2. The lowest BCUT2D eigenvalue weighted by Gasteiger charge is -2.08. The van der Waals surface area contributed by atoms with Gasteiger partial charge in [0.25, 0.3) is 6.08 Å². The number of halogens is 3. The summed E-state index contributed by atoms with van der Waals surface area (Å²) in [5.74, 6) is -0.628. The number of benzene rings is 3. The predicted octanol–water partition coefficient (Wildman–Crippen LogP) is 7.00. The molecule has 0 atom stereocenters. The van der Waals surface area contributed by atoms with Crippen LogP contribution in [0.3, 0.4) is 0 Å². The van der Waals surface area contributed by atoms with Gasteiger partial charge >= 0.3 is 0 Å². The third-order valence-corrected chi connectivity index (χ3v) is 4.17. The molecule has 0 unspecified atom stereocenters. The van der Waals surface area contributed by atoms with Crippen LogP contribution >= 0.6 is 0 Å². The van der Waals surface area contributed by atoms with Crippen molar-refractivity contribution in [2.24, 2.45) is 0 Å². The number of hydrogen-bond donors (Lipinski definition) is 0. The summed E-state index contributed by atoms with van der Waals surface area (Å²) in [5.41, 5.74) is 3.12. The van der Waals surface area contributed by atoms with E-state index in [1.54, 1.807) is 12.1 Å². The Bertz CT molecular complexity index is 933. The van der Waals surface area contributed by atoms with Crippen molar-refractivity contribution in [3.63, 3.8) is 0 Å². The van der Waals surface area contributed by atoms with Gasteiger partial charge in [-0.1, -0.05) is 54.6 Å². The highest BCUT2D eigenvalue weighted by Crippen LogP contribution is 2.28. The molecule has 3 aromatic carbocycles. The Morgan fingerprint density at radius 3 is 2.32 bits per heavy atom. The van der Waals surface area contributed by atoms with Crippen LogP contribution in [0, 0.1) is 5.82 Å². The van der Waals surface area contributed by atoms with Gasteiger partial charge in [-0.25, -0.2) is 4.39 Å². The summed E-state index contributed by atoms with van der Waals surface area (Å²) in [4.78, 5) is 0. The van der Waals surface area contributed by atoms with Crippen LogP contribution < -0.4 is 0 Å². The number of rotatable bonds is 5. The van der Waals surface area contributed by atoms with Gasteiger partial charge in [0.2, 0.25) is 0 Å². The van der Waals surface area contributed by atoms with E-state index in [0.717, 1.165) is 24.0 Å². The average molecular weight is 338 g/mol. The third kappa shape index (κ3) is 3.82. The molecule has 25 heavy (non-hydrogen) atoms. The van der Waals surface area contributed by atoms with Gasteiger partial charge in [0.15, 0.2) is 0 Å². The van der Waals surface area contributed by atoms with Crippen molar-refractivity contribution in [1.82, 2.24) is 0 Å².